The highest BCUT2D eigenvalue weighted by Crippen LogP contribution is 2.54. The van der Waals surface area contributed by atoms with E-state index in [9.17, 15) is 72.5 Å². The molecule has 294 valence electrons. The fourth-order valence-electron chi connectivity index (χ4n) is 4.67. The zero-order valence-corrected chi connectivity index (χ0v) is 30.8. The maximum absolute atomic E-state index is 13.1. The fourth-order valence-corrected chi connectivity index (χ4v) is 7.78. The van der Waals surface area contributed by atoms with E-state index in [0.29, 0.717) is 19.3 Å². The van der Waals surface area contributed by atoms with Crippen LogP contribution in [-0.2, 0) is 70.2 Å². The molecule has 0 aromatic heterocycles. The van der Waals surface area contributed by atoms with Crippen molar-refractivity contribution in [2.75, 3.05) is 18.5 Å². The zero-order chi connectivity index (χ0) is 39.2. The van der Waals surface area contributed by atoms with E-state index in [1.165, 1.54) is 0 Å². The first-order valence-corrected chi connectivity index (χ1v) is 21.1. The van der Waals surface area contributed by atoms with Crippen LogP contribution in [0.1, 0.15) is 78.6 Å². The van der Waals surface area contributed by atoms with Crippen molar-refractivity contribution >= 4 is 58.6 Å². The van der Waals surface area contributed by atoms with E-state index < -0.39 is 114 Å². The molecule has 1 aliphatic rings. The first-order valence-electron chi connectivity index (χ1n) is 15.8. The van der Waals surface area contributed by atoms with E-state index in [1.807, 2.05) is 0 Å². The Morgan fingerprint density at radius 3 is 0.882 bits per heavy atom. The topological polar surface area (TPSA) is 330 Å². The van der Waals surface area contributed by atoms with Gasteiger partial charge in [0, 0.05) is 19.3 Å². The highest BCUT2D eigenvalue weighted by Gasteiger charge is 2.62. The number of carbonyl (C=O) groups excluding carboxylic acids is 3. The summed E-state index contributed by atoms with van der Waals surface area (Å²) in [6.07, 6.45) is -18.9. The van der Waals surface area contributed by atoms with Gasteiger partial charge in [0.2, 0.25) is 0 Å². The van der Waals surface area contributed by atoms with Gasteiger partial charge in [-0.3, -0.25) is 56.0 Å². The lowest BCUT2D eigenvalue weighted by Crippen LogP contribution is -2.68. The number of carbonyl (C=O) groups is 6. The summed E-state index contributed by atoms with van der Waals surface area (Å²) in [7, 11) is -16.5. The van der Waals surface area contributed by atoms with Crippen molar-refractivity contribution in [3.8, 4) is 0 Å². The lowest BCUT2D eigenvalue weighted by atomic mass is 9.84. The molecule has 0 amide bonds. The average Bonchev–Trinajstić information content (AvgIpc) is 2.96. The standard InChI is InChI=1S/C27H45O21P3/c1-4-7-10-19(34)43-22-23(44-20(35)11-8-5-2)25(46-49(37,38)13-16(28)29)27(48-51(41,42)15-18(32)33)26(47-50(39,40)14-17(30)31)24(22)45-21(36)12-9-6-3/h22-27H,4-15H2,1-3H3,(H,28,29)(H,30,31)(H,32,33)(H,37,38)(H,39,40)(H,41,42)/t22-,23-,24+,25-,26-,27-/m0/s1. The van der Waals surface area contributed by atoms with Crippen molar-refractivity contribution in [3.05, 3.63) is 0 Å². The molecule has 0 heterocycles. The summed E-state index contributed by atoms with van der Waals surface area (Å²) in [6.45, 7) is 5.08. The summed E-state index contributed by atoms with van der Waals surface area (Å²) in [4.78, 5) is 105. The van der Waals surface area contributed by atoms with Crippen LogP contribution in [0, 0.1) is 0 Å². The van der Waals surface area contributed by atoms with Crippen molar-refractivity contribution in [2.45, 2.75) is 115 Å². The smallest absolute Gasteiger partial charge is 0.339 e. The Morgan fingerprint density at radius 2 is 0.667 bits per heavy atom. The minimum atomic E-state index is -5.52. The molecule has 1 fully saturated rings. The van der Waals surface area contributed by atoms with Gasteiger partial charge in [-0.2, -0.15) is 0 Å². The van der Waals surface area contributed by atoms with Gasteiger partial charge >= 0.3 is 58.6 Å². The summed E-state index contributed by atoms with van der Waals surface area (Å²) in [5.74, 6) is -9.13. The van der Waals surface area contributed by atoms with E-state index >= 15 is 0 Å². The van der Waals surface area contributed by atoms with Crippen LogP contribution < -0.4 is 0 Å². The molecular weight excluding hydrogens is 753 g/mol. The van der Waals surface area contributed by atoms with Crippen LogP contribution in [0.2, 0.25) is 0 Å². The minimum Gasteiger partial charge on any atom is -0.481 e. The molecule has 0 spiro atoms. The molecule has 6 N–H and O–H groups in total. The molecule has 51 heavy (non-hydrogen) atoms. The average molecular weight is 799 g/mol. The zero-order valence-electron chi connectivity index (χ0n) is 28.1. The van der Waals surface area contributed by atoms with E-state index in [2.05, 4.69) is 0 Å². The highest BCUT2D eigenvalue weighted by atomic mass is 31.2. The molecule has 0 saturated heterocycles. The van der Waals surface area contributed by atoms with Crippen LogP contribution in [-0.4, -0.2) is 121 Å². The molecule has 0 bridgehead atoms. The van der Waals surface area contributed by atoms with Gasteiger partial charge in [-0.15, -0.1) is 0 Å². The Balaban J connectivity index is 4.27. The van der Waals surface area contributed by atoms with Crippen molar-refractivity contribution in [3.63, 3.8) is 0 Å². The number of esters is 3. The predicted octanol–water partition coefficient (Wildman–Crippen LogP) is 2.27. The Bertz CT molecular complexity index is 1310. The molecule has 0 radical (unpaired) electrons. The van der Waals surface area contributed by atoms with Gasteiger partial charge in [0.15, 0.2) is 18.3 Å². The first kappa shape index (κ1) is 46.3. The fraction of sp³-hybridized carbons (Fsp3) is 0.778. The first-order chi connectivity index (χ1) is 23.6. The molecule has 1 aliphatic carbocycles. The van der Waals surface area contributed by atoms with E-state index in [4.69, 9.17) is 27.8 Å². The number of carboxylic acids is 3. The second kappa shape index (κ2) is 21.1. The van der Waals surface area contributed by atoms with E-state index in [0.717, 1.165) is 0 Å². The number of rotatable bonds is 24. The van der Waals surface area contributed by atoms with Crippen LogP contribution in [0.5, 0.6) is 0 Å². The van der Waals surface area contributed by atoms with E-state index in [1.54, 1.807) is 20.8 Å². The van der Waals surface area contributed by atoms with Crippen molar-refractivity contribution < 1.29 is 100 Å². The Morgan fingerprint density at radius 1 is 0.451 bits per heavy atom. The molecule has 1 saturated carbocycles. The number of aliphatic carboxylic acids is 3. The normalized spacial score (nSPS) is 25.3. The van der Waals surface area contributed by atoms with Gasteiger partial charge < -0.3 is 44.2 Å². The Labute approximate surface area is 292 Å². The lowest BCUT2D eigenvalue weighted by Gasteiger charge is -2.48. The second-order valence-electron chi connectivity index (χ2n) is 11.5. The minimum absolute atomic E-state index is 0.184. The summed E-state index contributed by atoms with van der Waals surface area (Å²) in [6, 6.07) is 0. The van der Waals surface area contributed by atoms with Crippen LogP contribution in [0.25, 0.3) is 0 Å². The molecule has 1 rings (SSSR count). The Hall–Kier alpha value is -2.73. The SMILES string of the molecule is CCCCC(=O)O[C@@H]1[C@@H](OC(=O)CCCC)[C@H](OP(=O)(O)CC(=O)O)[C@@H](OP(=O)(O)CC(=O)O)[C@@H](OP(=O)(O)CC(=O)O)[C@H]1OC(=O)CCCC. The van der Waals surface area contributed by atoms with Gasteiger partial charge in [0.25, 0.3) is 0 Å². The second-order valence-corrected chi connectivity index (χ2v) is 16.9. The number of hydrogen-bond acceptors (Lipinski definition) is 15. The summed E-state index contributed by atoms with van der Waals surface area (Å²) in [5, 5.41) is 27.7. The molecule has 21 nitrogen and oxygen atoms in total. The van der Waals surface area contributed by atoms with Crippen molar-refractivity contribution in [1.29, 1.82) is 0 Å². The number of carboxylic acid groups (broad SMARTS) is 3. The molecular formula is C27H45O21P3. The monoisotopic (exact) mass is 798 g/mol. The predicted molar refractivity (Wildman–Crippen MR) is 170 cm³/mol. The van der Waals surface area contributed by atoms with E-state index in [-0.39, 0.29) is 38.5 Å². The van der Waals surface area contributed by atoms with Gasteiger partial charge in [0.1, 0.15) is 36.8 Å². The van der Waals surface area contributed by atoms with Crippen LogP contribution in [0.4, 0.5) is 0 Å². The summed E-state index contributed by atoms with van der Waals surface area (Å²) >= 11 is 0. The summed E-state index contributed by atoms with van der Waals surface area (Å²) < 4.78 is 71.1. The third-order valence-electron chi connectivity index (χ3n) is 6.81. The Kier molecular flexibility index (Phi) is 19.1. The van der Waals surface area contributed by atoms with Gasteiger partial charge in [-0.05, 0) is 19.3 Å². The molecule has 9 atom stereocenters. The van der Waals surface area contributed by atoms with Crippen molar-refractivity contribution in [2.24, 2.45) is 0 Å². The van der Waals surface area contributed by atoms with Crippen LogP contribution in [0.3, 0.4) is 0 Å². The number of unbranched alkanes of at least 4 members (excludes halogenated alkanes) is 3. The van der Waals surface area contributed by atoms with Crippen LogP contribution >= 0.6 is 22.8 Å². The van der Waals surface area contributed by atoms with Gasteiger partial charge in [-0.1, -0.05) is 40.0 Å². The van der Waals surface area contributed by atoms with Gasteiger partial charge in [0.05, 0.1) is 0 Å². The molecule has 0 aliphatic heterocycles. The third-order valence-corrected chi connectivity index (χ3v) is 10.5. The third kappa shape index (κ3) is 17.1. The van der Waals surface area contributed by atoms with Crippen LogP contribution in [0.15, 0.2) is 0 Å². The summed E-state index contributed by atoms with van der Waals surface area (Å²) in [5.41, 5.74) is 0. The number of ether oxygens (including phenoxy) is 3. The highest BCUT2D eigenvalue weighted by molar-refractivity contribution is 7.54. The lowest BCUT2D eigenvalue weighted by molar-refractivity contribution is -0.238. The van der Waals surface area contributed by atoms with Crippen molar-refractivity contribution in [1.82, 2.24) is 0 Å². The number of hydrogen-bond donors (Lipinski definition) is 6. The maximum Gasteiger partial charge on any atom is 0.339 e. The van der Waals surface area contributed by atoms with Gasteiger partial charge in [-0.25, -0.2) is 0 Å². The maximum atomic E-state index is 13.1. The molecule has 0 aromatic carbocycles. The molecule has 24 heteroatoms. The largest absolute Gasteiger partial charge is 0.481 e. The molecule has 3 unspecified atom stereocenters. The molecule has 0 aromatic rings. The quantitative estimate of drug-likeness (QED) is 0.0463.